The summed E-state index contributed by atoms with van der Waals surface area (Å²) in [5.74, 6) is -2.66. The molecule has 1 atom stereocenters. The van der Waals surface area contributed by atoms with Gasteiger partial charge in [-0.3, -0.25) is 19.7 Å². The third kappa shape index (κ3) is 5.01. The van der Waals surface area contributed by atoms with Gasteiger partial charge in [-0.05, 0) is 71.1 Å². The molecule has 2 heterocycles. The highest BCUT2D eigenvalue weighted by Gasteiger charge is 2.46. The highest BCUT2D eigenvalue weighted by molar-refractivity contribution is 6.46. The fourth-order valence-corrected chi connectivity index (χ4v) is 4.44. The molecule has 192 valence electrons. The number of rotatable bonds is 9. The number of nitrogens with one attached hydrogen (secondary N) is 1. The summed E-state index contributed by atoms with van der Waals surface area (Å²) in [7, 11) is 3.78. The molecule has 0 spiro atoms. The number of aliphatic hydroxyl groups excluding tert-OH is 1. The van der Waals surface area contributed by atoms with E-state index in [0.717, 1.165) is 0 Å². The van der Waals surface area contributed by atoms with Gasteiger partial charge in [0.1, 0.15) is 11.5 Å². The molecule has 1 aromatic carbocycles. The number of benzene rings is 1. The Morgan fingerprint density at radius 2 is 1.86 bits per heavy atom. The number of hydrogen-bond donors (Lipinski definition) is 2. The van der Waals surface area contributed by atoms with Gasteiger partial charge >= 0.3 is 5.97 Å². The molecule has 1 unspecified atom stereocenters. The predicted octanol–water partition coefficient (Wildman–Crippen LogP) is 3.09. The van der Waals surface area contributed by atoms with Crippen LogP contribution in [0.3, 0.4) is 0 Å². The number of nitro benzene ring substituents is 1. The molecule has 1 aliphatic heterocycles. The minimum Gasteiger partial charge on any atom is -0.507 e. The van der Waals surface area contributed by atoms with E-state index in [-0.39, 0.29) is 35.7 Å². The number of carbonyl (C=O) groups excluding carboxylic acids is 3. The molecule has 1 fully saturated rings. The monoisotopic (exact) mass is 498 g/mol. The second-order valence-corrected chi connectivity index (χ2v) is 8.84. The van der Waals surface area contributed by atoms with Crippen LogP contribution in [0.25, 0.3) is 5.76 Å². The van der Waals surface area contributed by atoms with E-state index < -0.39 is 34.4 Å². The molecule has 3 rings (SSSR count). The number of aliphatic hydroxyl groups is 1. The summed E-state index contributed by atoms with van der Waals surface area (Å²) in [5, 5.41) is 22.5. The number of aromatic nitrogens is 1. The molecule has 0 radical (unpaired) electrons. The number of ketones is 1. The summed E-state index contributed by atoms with van der Waals surface area (Å²) in [4.78, 5) is 55.5. The van der Waals surface area contributed by atoms with Gasteiger partial charge in [0.15, 0.2) is 0 Å². The molecule has 2 aromatic rings. The summed E-state index contributed by atoms with van der Waals surface area (Å²) >= 11 is 0. The fraction of sp³-hybridized carbons (Fsp3) is 0.400. The maximum absolute atomic E-state index is 13.2. The number of nitro groups is 1. The second-order valence-electron chi connectivity index (χ2n) is 8.84. The summed E-state index contributed by atoms with van der Waals surface area (Å²) in [6, 6.07) is 4.58. The molecular formula is C25H30N4O7. The number of esters is 1. The normalized spacial score (nSPS) is 17.2. The number of amides is 1. The molecule has 11 heteroatoms. The predicted molar refractivity (Wildman–Crippen MR) is 132 cm³/mol. The number of Topliss-reactive ketones (excluding diaryl/α,β-unsaturated/α-hetero) is 1. The van der Waals surface area contributed by atoms with Gasteiger partial charge in [-0.1, -0.05) is 0 Å². The number of nitrogens with zero attached hydrogens (tertiary/aromatic N) is 3. The molecule has 1 aromatic heterocycles. The molecule has 0 aliphatic carbocycles. The van der Waals surface area contributed by atoms with E-state index >= 15 is 0 Å². The van der Waals surface area contributed by atoms with Crippen molar-refractivity contribution in [2.75, 3.05) is 33.8 Å². The van der Waals surface area contributed by atoms with E-state index in [2.05, 4.69) is 4.98 Å². The molecule has 1 saturated heterocycles. The van der Waals surface area contributed by atoms with Crippen LogP contribution in [0, 0.1) is 24.0 Å². The largest absolute Gasteiger partial charge is 0.507 e. The standard InChI is InChI=1S/C25H30N4O7/c1-6-36-25(33)20-14(2)18(15(3)26-20)22(30)19-21(16-8-10-17(11-9-16)29(34)35)28(24(32)23(19)31)13-7-12-27(4)5/h8-11,21,26,30H,6-7,12-13H2,1-5H3/b22-19-. The average molecular weight is 499 g/mol. The Balaban J connectivity index is 2.17. The zero-order valence-corrected chi connectivity index (χ0v) is 21.0. The molecule has 0 bridgehead atoms. The Labute approximate surface area is 208 Å². The minimum absolute atomic E-state index is 0.139. The van der Waals surface area contributed by atoms with Crippen LogP contribution >= 0.6 is 0 Å². The van der Waals surface area contributed by atoms with Crippen LogP contribution in [0.15, 0.2) is 29.8 Å². The maximum atomic E-state index is 13.2. The Bertz CT molecular complexity index is 1230. The van der Waals surface area contributed by atoms with Gasteiger partial charge in [-0.2, -0.15) is 0 Å². The van der Waals surface area contributed by atoms with Crippen LogP contribution in [-0.2, 0) is 14.3 Å². The maximum Gasteiger partial charge on any atom is 0.355 e. The SMILES string of the molecule is CCOC(=O)c1[nH]c(C)c(/C(O)=C2/C(=O)C(=O)N(CCCN(C)C)C2c2ccc([N+](=O)[O-])cc2)c1C. The molecule has 36 heavy (non-hydrogen) atoms. The van der Waals surface area contributed by atoms with Crippen molar-refractivity contribution in [3.63, 3.8) is 0 Å². The van der Waals surface area contributed by atoms with Gasteiger partial charge in [0.05, 0.1) is 23.1 Å². The van der Waals surface area contributed by atoms with Crippen molar-refractivity contribution < 1.29 is 29.2 Å². The number of aromatic amines is 1. The fourth-order valence-electron chi connectivity index (χ4n) is 4.44. The lowest BCUT2D eigenvalue weighted by molar-refractivity contribution is -0.384. The highest BCUT2D eigenvalue weighted by atomic mass is 16.6. The number of non-ortho nitro benzene ring substituents is 1. The Morgan fingerprint density at radius 3 is 2.42 bits per heavy atom. The smallest absolute Gasteiger partial charge is 0.355 e. The quantitative estimate of drug-likeness (QED) is 0.134. The summed E-state index contributed by atoms with van der Waals surface area (Å²) in [6.07, 6.45) is 0.568. The van der Waals surface area contributed by atoms with E-state index in [1.54, 1.807) is 20.8 Å². The minimum atomic E-state index is -0.951. The summed E-state index contributed by atoms with van der Waals surface area (Å²) in [5.41, 5.74) is 1.35. The van der Waals surface area contributed by atoms with Gasteiger partial charge in [0, 0.05) is 29.9 Å². The highest BCUT2D eigenvalue weighted by Crippen LogP contribution is 2.41. The zero-order chi connectivity index (χ0) is 26.7. The second kappa shape index (κ2) is 10.7. The average Bonchev–Trinajstić information content (AvgIpc) is 3.26. The van der Waals surface area contributed by atoms with Crippen LogP contribution in [0.2, 0.25) is 0 Å². The summed E-state index contributed by atoms with van der Waals surface area (Å²) in [6.45, 7) is 5.98. The van der Waals surface area contributed by atoms with Crippen molar-refractivity contribution in [1.29, 1.82) is 0 Å². The molecular weight excluding hydrogens is 468 g/mol. The first-order chi connectivity index (χ1) is 17.0. The van der Waals surface area contributed by atoms with Crippen LogP contribution in [0.4, 0.5) is 5.69 Å². The first-order valence-electron chi connectivity index (χ1n) is 11.5. The van der Waals surface area contributed by atoms with Crippen LogP contribution in [0.1, 0.15) is 52.3 Å². The van der Waals surface area contributed by atoms with Gasteiger partial charge in [0.2, 0.25) is 0 Å². The lowest BCUT2D eigenvalue weighted by atomic mass is 9.94. The number of likely N-dealkylation sites (tertiary alicyclic amines) is 1. The van der Waals surface area contributed by atoms with Gasteiger partial charge in [-0.25, -0.2) is 4.79 Å². The van der Waals surface area contributed by atoms with E-state index in [9.17, 15) is 29.6 Å². The third-order valence-corrected chi connectivity index (χ3v) is 6.12. The first kappa shape index (κ1) is 26.6. The van der Waals surface area contributed by atoms with E-state index in [1.165, 1.54) is 29.2 Å². The number of H-pyrrole nitrogens is 1. The van der Waals surface area contributed by atoms with Crippen molar-refractivity contribution in [3.8, 4) is 0 Å². The zero-order valence-electron chi connectivity index (χ0n) is 21.0. The van der Waals surface area contributed by atoms with E-state index in [1.807, 2.05) is 19.0 Å². The molecule has 2 N–H and O–H groups in total. The van der Waals surface area contributed by atoms with Gasteiger partial charge in [-0.15, -0.1) is 0 Å². The van der Waals surface area contributed by atoms with Crippen LogP contribution in [0.5, 0.6) is 0 Å². The number of ether oxygens (including phenoxy) is 1. The van der Waals surface area contributed by atoms with Crippen molar-refractivity contribution in [3.05, 3.63) is 68.0 Å². The van der Waals surface area contributed by atoms with Crippen LogP contribution < -0.4 is 0 Å². The van der Waals surface area contributed by atoms with Gasteiger partial charge < -0.3 is 24.6 Å². The third-order valence-electron chi connectivity index (χ3n) is 6.12. The summed E-state index contributed by atoms with van der Waals surface area (Å²) < 4.78 is 5.07. The van der Waals surface area contributed by atoms with Crippen molar-refractivity contribution in [1.82, 2.24) is 14.8 Å². The lowest BCUT2D eigenvalue weighted by Crippen LogP contribution is -2.32. The van der Waals surface area contributed by atoms with Crippen LogP contribution in [-0.4, -0.2) is 76.3 Å². The number of hydrogen-bond acceptors (Lipinski definition) is 8. The van der Waals surface area contributed by atoms with E-state index in [0.29, 0.717) is 29.8 Å². The molecule has 0 saturated carbocycles. The molecule has 11 nitrogen and oxygen atoms in total. The van der Waals surface area contributed by atoms with E-state index in [4.69, 9.17) is 4.74 Å². The number of aryl methyl sites for hydroxylation is 1. The van der Waals surface area contributed by atoms with Crippen molar-refractivity contribution >= 4 is 29.1 Å². The Morgan fingerprint density at radius 1 is 1.22 bits per heavy atom. The van der Waals surface area contributed by atoms with Crippen molar-refractivity contribution in [2.45, 2.75) is 33.2 Å². The molecule has 1 aliphatic rings. The van der Waals surface area contributed by atoms with Gasteiger partial charge in [0.25, 0.3) is 17.4 Å². The molecule has 1 amide bonds. The Hall–Kier alpha value is -3.99. The number of carbonyl (C=O) groups is 3. The van der Waals surface area contributed by atoms with Crippen molar-refractivity contribution in [2.24, 2.45) is 0 Å². The Kier molecular flexibility index (Phi) is 7.93. The lowest BCUT2D eigenvalue weighted by Gasteiger charge is -2.26. The topological polar surface area (TPSA) is 146 Å². The first-order valence-corrected chi connectivity index (χ1v) is 11.5.